The molecule has 0 atom stereocenters. The molecule has 0 saturated heterocycles. The minimum Gasteiger partial charge on any atom is -0.293 e. The standard InChI is InChI=1S/C5H5NOS/c1-4(7)5-2-3-8-6-5/h2-3H,1H3. The minimum absolute atomic E-state index is 0.0336. The van der Waals surface area contributed by atoms with E-state index in [0.29, 0.717) is 5.69 Å². The smallest absolute Gasteiger partial charge is 0.179 e. The van der Waals surface area contributed by atoms with Gasteiger partial charge in [-0.05, 0) is 17.6 Å². The van der Waals surface area contributed by atoms with Gasteiger partial charge in [0, 0.05) is 12.3 Å². The summed E-state index contributed by atoms with van der Waals surface area (Å²) in [4.78, 5) is 10.5. The van der Waals surface area contributed by atoms with E-state index in [9.17, 15) is 4.79 Å². The Hall–Kier alpha value is -0.700. The molecule has 0 saturated carbocycles. The molecule has 8 heavy (non-hydrogen) atoms. The Bertz CT molecular complexity index is 180. The SMILES string of the molecule is CC(=O)c1ccsn1. The maximum Gasteiger partial charge on any atom is 0.179 e. The van der Waals surface area contributed by atoms with Gasteiger partial charge in [-0.2, -0.15) is 4.37 Å². The van der Waals surface area contributed by atoms with Crippen molar-refractivity contribution in [3.63, 3.8) is 0 Å². The van der Waals surface area contributed by atoms with Gasteiger partial charge in [-0.3, -0.25) is 4.79 Å². The van der Waals surface area contributed by atoms with Crippen LogP contribution in [0, 0.1) is 0 Å². The van der Waals surface area contributed by atoms with E-state index in [1.54, 1.807) is 11.4 Å². The van der Waals surface area contributed by atoms with Crippen LogP contribution < -0.4 is 0 Å². The maximum atomic E-state index is 10.5. The van der Waals surface area contributed by atoms with Crippen molar-refractivity contribution < 1.29 is 4.79 Å². The number of hydrogen-bond donors (Lipinski definition) is 0. The largest absolute Gasteiger partial charge is 0.293 e. The molecule has 1 rings (SSSR count). The zero-order chi connectivity index (χ0) is 5.98. The molecule has 1 aromatic heterocycles. The molecule has 0 aliphatic rings. The van der Waals surface area contributed by atoms with Gasteiger partial charge < -0.3 is 0 Å². The number of rotatable bonds is 1. The Morgan fingerprint density at radius 1 is 1.88 bits per heavy atom. The number of carbonyl (C=O) groups excluding carboxylic acids is 1. The summed E-state index contributed by atoms with van der Waals surface area (Å²) in [6.45, 7) is 1.51. The van der Waals surface area contributed by atoms with Gasteiger partial charge in [0.1, 0.15) is 5.69 Å². The molecule has 42 valence electrons. The Morgan fingerprint density at radius 2 is 2.62 bits per heavy atom. The fraction of sp³-hybridized carbons (Fsp3) is 0.200. The van der Waals surface area contributed by atoms with Crippen molar-refractivity contribution in [2.75, 3.05) is 0 Å². The van der Waals surface area contributed by atoms with Crippen LogP contribution in [0.2, 0.25) is 0 Å². The topological polar surface area (TPSA) is 30.0 Å². The Labute approximate surface area is 51.3 Å². The molecule has 0 aromatic carbocycles. The average Bonchev–Trinajstić information content (AvgIpc) is 2.12. The molecular formula is C5H5NOS. The molecule has 0 radical (unpaired) electrons. The van der Waals surface area contributed by atoms with Gasteiger partial charge in [-0.1, -0.05) is 0 Å². The molecular weight excluding hydrogens is 122 g/mol. The lowest BCUT2D eigenvalue weighted by Gasteiger charge is -1.78. The number of hydrogen-bond acceptors (Lipinski definition) is 3. The van der Waals surface area contributed by atoms with E-state index >= 15 is 0 Å². The summed E-state index contributed by atoms with van der Waals surface area (Å²) in [5.74, 6) is 0.0336. The maximum absolute atomic E-state index is 10.5. The van der Waals surface area contributed by atoms with Crippen molar-refractivity contribution in [1.29, 1.82) is 0 Å². The summed E-state index contributed by atoms with van der Waals surface area (Å²) in [5, 5.41) is 1.79. The average molecular weight is 127 g/mol. The van der Waals surface area contributed by atoms with Crippen LogP contribution in [0.4, 0.5) is 0 Å². The molecule has 0 aliphatic carbocycles. The van der Waals surface area contributed by atoms with Crippen molar-refractivity contribution in [3.05, 3.63) is 17.1 Å². The second-order valence-corrected chi connectivity index (χ2v) is 2.11. The third-order valence-electron chi connectivity index (χ3n) is 0.799. The third kappa shape index (κ3) is 0.924. The summed E-state index contributed by atoms with van der Waals surface area (Å²) >= 11 is 1.30. The van der Waals surface area contributed by atoms with E-state index in [1.807, 2.05) is 0 Å². The van der Waals surface area contributed by atoms with E-state index in [4.69, 9.17) is 0 Å². The van der Waals surface area contributed by atoms with Gasteiger partial charge in [0.25, 0.3) is 0 Å². The van der Waals surface area contributed by atoms with Crippen LogP contribution in [0.15, 0.2) is 11.4 Å². The molecule has 0 amide bonds. The van der Waals surface area contributed by atoms with E-state index in [-0.39, 0.29) is 5.78 Å². The highest BCUT2D eigenvalue weighted by molar-refractivity contribution is 7.03. The monoisotopic (exact) mass is 127 g/mol. The molecule has 0 bridgehead atoms. The Kier molecular flexibility index (Phi) is 1.39. The first-order valence-electron chi connectivity index (χ1n) is 2.22. The highest BCUT2D eigenvalue weighted by atomic mass is 32.1. The number of aromatic nitrogens is 1. The number of nitrogens with zero attached hydrogens (tertiary/aromatic N) is 1. The van der Waals surface area contributed by atoms with Crippen molar-refractivity contribution in [2.24, 2.45) is 0 Å². The molecule has 2 nitrogen and oxygen atoms in total. The minimum atomic E-state index is 0.0336. The zero-order valence-electron chi connectivity index (χ0n) is 4.42. The van der Waals surface area contributed by atoms with Gasteiger partial charge in [-0.25, -0.2) is 0 Å². The molecule has 0 unspecified atom stereocenters. The molecule has 0 spiro atoms. The van der Waals surface area contributed by atoms with Crippen molar-refractivity contribution in [2.45, 2.75) is 6.92 Å². The highest BCUT2D eigenvalue weighted by Crippen LogP contribution is 1.98. The van der Waals surface area contributed by atoms with Gasteiger partial charge in [0.2, 0.25) is 0 Å². The first kappa shape index (κ1) is 5.44. The fourth-order valence-electron chi connectivity index (χ4n) is 0.394. The summed E-state index contributed by atoms with van der Waals surface area (Å²) in [6, 6.07) is 1.72. The van der Waals surface area contributed by atoms with E-state index < -0.39 is 0 Å². The van der Waals surface area contributed by atoms with Crippen LogP contribution in [0.1, 0.15) is 17.4 Å². The predicted octanol–water partition coefficient (Wildman–Crippen LogP) is 1.35. The van der Waals surface area contributed by atoms with Crippen LogP contribution in [-0.2, 0) is 0 Å². The normalized spacial score (nSPS) is 9.12. The van der Waals surface area contributed by atoms with Crippen LogP contribution >= 0.6 is 11.5 Å². The predicted molar refractivity (Wildman–Crippen MR) is 32.1 cm³/mol. The first-order valence-corrected chi connectivity index (χ1v) is 3.05. The second-order valence-electron chi connectivity index (χ2n) is 1.44. The number of Topliss-reactive ketones (excluding diaryl/α,β-unsaturated/α-hetero) is 1. The van der Waals surface area contributed by atoms with Gasteiger partial charge in [0.15, 0.2) is 5.78 Å². The van der Waals surface area contributed by atoms with E-state index in [1.165, 1.54) is 18.5 Å². The first-order chi connectivity index (χ1) is 3.80. The summed E-state index contributed by atoms with van der Waals surface area (Å²) in [5.41, 5.74) is 0.565. The fourth-order valence-corrected chi connectivity index (χ4v) is 0.948. The molecule has 1 aromatic rings. The number of ketones is 1. The van der Waals surface area contributed by atoms with Gasteiger partial charge in [0.05, 0.1) is 0 Å². The summed E-state index contributed by atoms with van der Waals surface area (Å²) < 4.78 is 3.81. The molecule has 1 heterocycles. The Balaban J connectivity index is 2.93. The highest BCUT2D eigenvalue weighted by Gasteiger charge is 1.97. The lowest BCUT2D eigenvalue weighted by atomic mass is 10.3. The van der Waals surface area contributed by atoms with Crippen LogP contribution in [0.5, 0.6) is 0 Å². The molecule has 0 N–H and O–H groups in total. The van der Waals surface area contributed by atoms with Gasteiger partial charge >= 0.3 is 0 Å². The zero-order valence-corrected chi connectivity index (χ0v) is 5.23. The van der Waals surface area contributed by atoms with Crippen LogP contribution in [0.25, 0.3) is 0 Å². The van der Waals surface area contributed by atoms with Crippen LogP contribution in [0.3, 0.4) is 0 Å². The van der Waals surface area contributed by atoms with Crippen molar-refractivity contribution in [3.8, 4) is 0 Å². The van der Waals surface area contributed by atoms with Crippen molar-refractivity contribution in [1.82, 2.24) is 4.37 Å². The molecule has 0 fully saturated rings. The van der Waals surface area contributed by atoms with E-state index in [0.717, 1.165) is 0 Å². The second kappa shape index (κ2) is 2.05. The van der Waals surface area contributed by atoms with E-state index in [2.05, 4.69) is 4.37 Å². The lowest BCUT2D eigenvalue weighted by Crippen LogP contribution is -1.88. The molecule has 0 aliphatic heterocycles. The lowest BCUT2D eigenvalue weighted by molar-refractivity contribution is 0.101. The third-order valence-corrected chi connectivity index (χ3v) is 1.36. The van der Waals surface area contributed by atoms with Crippen molar-refractivity contribution >= 4 is 17.3 Å². The Morgan fingerprint density at radius 3 is 2.88 bits per heavy atom. The van der Waals surface area contributed by atoms with Crippen LogP contribution in [-0.4, -0.2) is 10.2 Å². The number of carbonyl (C=O) groups is 1. The van der Waals surface area contributed by atoms with Gasteiger partial charge in [-0.15, -0.1) is 0 Å². The molecule has 3 heteroatoms. The summed E-state index contributed by atoms with van der Waals surface area (Å²) in [7, 11) is 0. The quantitative estimate of drug-likeness (QED) is 0.533. The summed E-state index contributed by atoms with van der Waals surface area (Å²) in [6.07, 6.45) is 0.